The number of anilines is 1. The van der Waals surface area contributed by atoms with E-state index in [4.69, 9.17) is 15.6 Å². The first-order valence-corrected chi connectivity index (χ1v) is 12.1. The van der Waals surface area contributed by atoms with Gasteiger partial charge in [-0.15, -0.1) is 0 Å². The standard InChI is InChI=1S/C28H26N6O2/c1-2-24(35)33-15-14-22-19(16-33)10-13-23(22)34-28-25(27(29)30-17-31-28)26(32-34)18-8-11-21(12-9-18)36-20-6-4-3-5-7-20/h2-9,11-12,17,23H,1,10,13-16H2,(H2,29,30,31)/t23-/m0/s1. The van der Waals surface area contributed by atoms with Crippen LogP contribution >= 0.6 is 0 Å². The third-order valence-electron chi connectivity index (χ3n) is 7.01. The quantitative estimate of drug-likeness (QED) is 0.323. The van der Waals surface area contributed by atoms with Gasteiger partial charge in [0.2, 0.25) is 5.91 Å². The van der Waals surface area contributed by atoms with E-state index in [1.165, 1.54) is 23.5 Å². The summed E-state index contributed by atoms with van der Waals surface area (Å²) in [5.41, 5.74) is 11.4. The minimum Gasteiger partial charge on any atom is -0.457 e. The number of nitrogens with two attached hydrogens (primary N) is 1. The van der Waals surface area contributed by atoms with Gasteiger partial charge in [-0.25, -0.2) is 14.6 Å². The second kappa shape index (κ2) is 8.96. The highest BCUT2D eigenvalue weighted by Gasteiger charge is 2.34. The van der Waals surface area contributed by atoms with Crippen molar-refractivity contribution in [3.63, 3.8) is 0 Å². The van der Waals surface area contributed by atoms with Crippen molar-refractivity contribution in [3.8, 4) is 22.8 Å². The summed E-state index contributed by atoms with van der Waals surface area (Å²) in [4.78, 5) is 22.8. The molecule has 2 aliphatic rings. The predicted molar refractivity (Wildman–Crippen MR) is 138 cm³/mol. The van der Waals surface area contributed by atoms with E-state index < -0.39 is 0 Å². The summed E-state index contributed by atoms with van der Waals surface area (Å²) in [6, 6.07) is 17.6. The molecule has 4 aromatic rings. The fourth-order valence-electron chi connectivity index (χ4n) is 5.28. The van der Waals surface area contributed by atoms with Crippen LogP contribution in [0, 0.1) is 0 Å². The number of rotatable bonds is 5. The van der Waals surface area contributed by atoms with E-state index in [0.717, 1.165) is 53.1 Å². The fourth-order valence-corrected chi connectivity index (χ4v) is 5.28. The summed E-state index contributed by atoms with van der Waals surface area (Å²) in [6.45, 7) is 4.97. The number of hydrogen-bond acceptors (Lipinski definition) is 6. The number of carbonyl (C=O) groups is 1. The van der Waals surface area contributed by atoms with Crippen LogP contribution in [0.2, 0.25) is 0 Å². The van der Waals surface area contributed by atoms with E-state index in [1.807, 2.05) is 64.2 Å². The van der Waals surface area contributed by atoms with Crippen molar-refractivity contribution in [3.05, 3.63) is 84.7 Å². The van der Waals surface area contributed by atoms with Gasteiger partial charge >= 0.3 is 0 Å². The second-order valence-corrected chi connectivity index (χ2v) is 9.09. The molecule has 3 heterocycles. The molecular weight excluding hydrogens is 452 g/mol. The molecule has 0 bridgehead atoms. The molecule has 0 saturated carbocycles. The van der Waals surface area contributed by atoms with E-state index in [1.54, 1.807) is 0 Å². The zero-order valence-electron chi connectivity index (χ0n) is 19.8. The first-order valence-electron chi connectivity index (χ1n) is 12.1. The summed E-state index contributed by atoms with van der Waals surface area (Å²) < 4.78 is 7.95. The number of para-hydroxylation sites is 1. The molecule has 36 heavy (non-hydrogen) atoms. The monoisotopic (exact) mass is 478 g/mol. The predicted octanol–water partition coefficient (Wildman–Crippen LogP) is 4.92. The van der Waals surface area contributed by atoms with Crippen LogP contribution < -0.4 is 10.5 Å². The van der Waals surface area contributed by atoms with Crippen molar-refractivity contribution in [2.75, 3.05) is 18.8 Å². The van der Waals surface area contributed by atoms with E-state index in [9.17, 15) is 4.79 Å². The van der Waals surface area contributed by atoms with Crippen molar-refractivity contribution in [1.29, 1.82) is 0 Å². The van der Waals surface area contributed by atoms with Gasteiger partial charge in [0.05, 0.1) is 11.4 Å². The summed E-state index contributed by atoms with van der Waals surface area (Å²) in [5.74, 6) is 1.91. The SMILES string of the molecule is C=CC(=O)N1CCC2=C(CC[C@@H]2n2nc(-c3ccc(Oc4ccccc4)cc3)c3c(N)ncnc32)C1. The average Bonchev–Trinajstić information content (AvgIpc) is 3.51. The van der Waals surface area contributed by atoms with Gasteiger partial charge in [-0.1, -0.05) is 24.8 Å². The molecule has 0 saturated heterocycles. The molecule has 8 nitrogen and oxygen atoms in total. The number of aromatic nitrogens is 4. The van der Waals surface area contributed by atoms with Crippen molar-refractivity contribution >= 4 is 22.8 Å². The van der Waals surface area contributed by atoms with Crippen LogP contribution in [-0.4, -0.2) is 43.6 Å². The van der Waals surface area contributed by atoms with Gasteiger partial charge in [-0.3, -0.25) is 4.79 Å². The minimum atomic E-state index is -0.0166. The van der Waals surface area contributed by atoms with Gasteiger partial charge in [0.25, 0.3) is 0 Å². The van der Waals surface area contributed by atoms with Crippen LogP contribution in [0.3, 0.4) is 0 Å². The van der Waals surface area contributed by atoms with E-state index in [2.05, 4.69) is 16.5 Å². The number of ether oxygens (including phenoxy) is 1. The molecule has 2 N–H and O–H groups in total. The van der Waals surface area contributed by atoms with Gasteiger partial charge in [-0.05, 0) is 72.9 Å². The molecule has 8 heteroatoms. The molecule has 6 rings (SSSR count). The molecule has 0 spiro atoms. The van der Waals surface area contributed by atoms with Crippen molar-refractivity contribution in [2.24, 2.45) is 0 Å². The Morgan fingerprint density at radius 2 is 1.83 bits per heavy atom. The summed E-state index contributed by atoms with van der Waals surface area (Å²) in [6.07, 6.45) is 5.56. The van der Waals surface area contributed by atoms with Crippen LogP contribution in [0.4, 0.5) is 5.82 Å². The van der Waals surface area contributed by atoms with E-state index in [-0.39, 0.29) is 11.9 Å². The third kappa shape index (κ3) is 3.80. The Labute approximate surface area is 208 Å². The van der Waals surface area contributed by atoms with Crippen molar-refractivity contribution in [1.82, 2.24) is 24.6 Å². The minimum absolute atomic E-state index is 0.0166. The molecule has 1 aliphatic carbocycles. The van der Waals surface area contributed by atoms with Gasteiger partial charge in [0, 0.05) is 18.7 Å². The van der Waals surface area contributed by atoms with Crippen LogP contribution in [0.1, 0.15) is 25.3 Å². The van der Waals surface area contributed by atoms with E-state index >= 15 is 0 Å². The molecule has 180 valence electrons. The zero-order chi connectivity index (χ0) is 24.6. The van der Waals surface area contributed by atoms with Gasteiger partial charge in [-0.2, -0.15) is 5.10 Å². The Hall–Kier alpha value is -4.46. The largest absolute Gasteiger partial charge is 0.457 e. The lowest BCUT2D eigenvalue weighted by Gasteiger charge is -2.29. The summed E-state index contributed by atoms with van der Waals surface area (Å²) >= 11 is 0. The van der Waals surface area contributed by atoms with Crippen LogP contribution in [0.5, 0.6) is 11.5 Å². The van der Waals surface area contributed by atoms with Gasteiger partial charge < -0.3 is 15.4 Å². The normalized spacial score (nSPS) is 17.3. The Morgan fingerprint density at radius 1 is 1.06 bits per heavy atom. The maximum absolute atomic E-state index is 12.1. The number of carbonyl (C=O) groups excluding carboxylic acids is 1. The molecule has 0 fully saturated rings. The molecule has 0 radical (unpaired) electrons. The Bertz CT molecular complexity index is 1490. The van der Waals surface area contributed by atoms with Gasteiger partial charge in [0.15, 0.2) is 5.65 Å². The molecular formula is C28H26N6O2. The van der Waals surface area contributed by atoms with Gasteiger partial charge in [0.1, 0.15) is 29.3 Å². The number of hydrogen-bond donors (Lipinski definition) is 1. The number of nitrogen functional groups attached to an aromatic ring is 1. The fraction of sp³-hybridized carbons (Fsp3) is 0.214. The lowest BCUT2D eigenvalue weighted by molar-refractivity contribution is -0.125. The number of amides is 1. The smallest absolute Gasteiger partial charge is 0.246 e. The Kier molecular flexibility index (Phi) is 5.48. The number of fused-ring (bicyclic) bond motifs is 1. The Morgan fingerprint density at radius 3 is 2.61 bits per heavy atom. The lowest BCUT2D eigenvalue weighted by atomic mass is 10.0. The topological polar surface area (TPSA) is 99.2 Å². The summed E-state index contributed by atoms with van der Waals surface area (Å²) in [7, 11) is 0. The number of nitrogens with zero attached hydrogens (tertiary/aromatic N) is 5. The summed E-state index contributed by atoms with van der Waals surface area (Å²) in [5, 5.41) is 5.79. The first kappa shape index (κ1) is 22.0. The average molecular weight is 479 g/mol. The molecule has 1 aliphatic heterocycles. The van der Waals surface area contributed by atoms with Crippen LogP contribution in [0.15, 0.2) is 84.7 Å². The Balaban J connectivity index is 1.35. The number of benzene rings is 2. The molecule has 0 unspecified atom stereocenters. The molecule has 1 amide bonds. The van der Waals surface area contributed by atoms with Crippen molar-refractivity contribution in [2.45, 2.75) is 25.3 Å². The lowest BCUT2D eigenvalue weighted by Crippen LogP contribution is -2.35. The third-order valence-corrected chi connectivity index (χ3v) is 7.01. The highest BCUT2D eigenvalue weighted by molar-refractivity contribution is 5.98. The highest BCUT2D eigenvalue weighted by atomic mass is 16.5. The zero-order valence-corrected chi connectivity index (χ0v) is 19.8. The van der Waals surface area contributed by atoms with Crippen LogP contribution in [-0.2, 0) is 4.79 Å². The van der Waals surface area contributed by atoms with Crippen molar-refractivity contribution < 1.29 is 9.53 Å². The van der Waals surface area contributed by atoms with E-state index in [0.29, 0.717) is 18.9 Å². The highest BCUT2D eigenvalue weighted by Crippen LogP contribution is 2.43. The molecule has 2 aromatic carbocycles. The second-order valence-electron chi connectivity index (χ2n) is 9.09. The maximum Gasteiger partial charge on any atom is 0.246 e. The first-order chi connectivity index (χ1) is 17.6. The molecule has 1 atom stereocenters. The van der Waals surface area contributed by atoms with Crippen LogP contribution in [0.25, 0.3) is 22.3 Å². The molecule has 2 aromatic heterocycles. The maximum atomic E-state index is 12.1.